The number of esters is 1. The van der Waals surface area contributed by atoms with Crippen LogP contribution in [0.25, 0.3) is 0 Å². The molecule has 0 bridgehead atoms. The van der Waals surface area contributed by atoms with Crippen LogP contribution < -0.4 is 4.74 Å². The molecule has 0 aliphatic rings. The Labute approximate surface area is 123 Å². The van der Waals surface area contributed by atoms with Crippen molar-refractivity contribution < 1.29 is 23.5 Å². The van der Waals surface area contributed by atoms with Gasteiger partial charge in [-0.3, -0.25) is 9.59 Å². The fourth-order valence-corrected chi connectivity index (χ4v) is 1.75. The molecule has 1 amide bonds. The van der Waals surface area contributed by atoms with Crippen LogP contribution in [0, 0.1) is 5.82 Å². The zero-order valence-electron chi connectivity index (χ0n) is 12.6. The van der Waals surface area contributed by atoms with E-state index in [9.17, 15) is 14.0 Å². The number of carbonyl (C=O) groups is 2. The molecule has 0 radical (unpaired) electrons. The number of hydrogen-bond donors (Lipinski definition) is 0. The summed E-state index contributed by atoms with van der Waals surface area (Å²) in [7, 11) is 1.26. The zero-order valence-corrected chi connectivity index (χ0v) is 12.6. The van der Waals surface area contributed by atoms with Gasteiger partial charge in [0, 0.05) is 12.1 Å². The Morgan fingerprint density at radius 2 is 1.95 bits per heavy atom. The average molecular weight is 297 g/mol. The first kappa shape index (κ1) is 16.9. The molecule has 1 aromatic rings. The Morgan fingerprint density at radius 1 is 1.29 bits per heavy atom. The predicted molar refractivity (Wildman–Crippen MR) is 75.4 cm³/mol. The first-order chi connectivity index (χ1) is 9.85. The van der Waals surface area contributed by atoms with E-state index in [0.717, 1.165) is 0 Å². The monoisotopic (exact) mass is 297 g/mol. The lowest BCUT2D eigenvalue weighted by Gasteiger charge is -2.28. The molecule has 116 valence electrons. The van der Waals surface area contributed by atoms with Crippen molar-refractivity contribution in [3.05, 3.63) is 30.1 Å². The maximum atomic E-state index is 13.1. The molecule has 1 rings (SSSR count). The van der Waals surface area contributed by atoms with Gasteiger partial charge in [-0.05, 0) is 32.9 Å². The fourth-order valence-electron chi connectivity index (χ4n) is 1.75. The number of benzene rings is 1. The number of rotatable bonds is 6. The highest BCUT2D eigenvalue weighted by atomic mass is 19.1. The topological polar surface area (TPSA) is 55.8 Å². The van der Waals surface area contributed by atoms with Crippen molar-refractivity contribution in [2.75, 3.05) is 13.7 Å². The quantitative estimate of drug-likeness (QED) is 0.754. The van der Waals surface area contributed by atoms with Crippen molar-refractivity contribution in [2.24, 2.45) is 0 Å². The summed E-state index contributed by atoms with van der Waals surface area (Å²) in [5.74, 6) is -1.05. The lowest BCUT2D eigenvalue weighted by molar-refractivity contribution is -0.150. The molecule has 6 heteroatoms. The van der Waals surface area contributed by atoms with Crippen LogP contribution in [0.5, 0.6) is 5.75 Å². The highest BCUT2D eigenvalue weighted by Crippen LogP contribution is 2.15. The van der Waals surface area contributed by atoms with E-state index in [-0.39, 0.29) is 24.2 Å². The maximum Gasteiger partial charge on any atom is 0.325 e. The molecule has 1 unspecified atom stereocenters. The lowest BCUT2D eigenvalue weighted by atomic mass is 10.2. The Hall–Kier alpha value is -2.11. The maximum absolute atomic E-state index is 13.1. The summed E-state index contributed by atoms with van der Waals surface area (Å²) >= 11 is 0. The third kappa shape index (κ3) is 5.06. The second kappa shape index (κ2) is 7.61. The largest absolute Gasteiger partial charge is 0.481 e. The van der Waals surface area contributed by atoms with E-state index in [0.29, 0.717) is 0 Å². The molecule has 0 fully saturated rings. The van der Waals surface area contributed by atoms with Crippen molar-refractivity contribution in [3.63, 3.8) is 0 Å². The summed E-state index contributed by atoms with van der Waals surface area (Å²) in [6.07, 6.45) is -0.834. The van der Waals surface area contributed by atoms with Crippen molar-refractivity contribution in [3.8, 4) is 5.75 Å². The van der Waals surface area contributed by atoms with Gasteiger partial charge in [-0.1, -0.05) is 6.07 Å². The van der Waals surface area contributed by atoms with Crippen LogP contribution in [0.15, 0.2) is 24.3 Å². The highest BCUT2D eigenvalue weighted by molar-refractivity contribution is 5.85. The normalized spacial score (nSPS) is 11.9. The molecule has 0 spiro atoms. The third-order valence-electron chi connectivity index (χ3n) is 2.89. The van der Waals surface area contributed by atoms with Crippen LogP contribution in [0.1, 0.15) is 20.8 Å². The summed E-state index contributed by atoms with van der Waals surface area (Å²) < 4.78 is 23.1. The summed E-state index contributed by atoms with van der Waals surface area (Å²) in [6.45, 7) is 4.98. The molecule has 0 N–H and O–H groups in total. The van der Waals surface area contributed by atoms with Crippen LogP contribution in [0.2, 0.25) is 0 Å². The molecule has 0 saturated heterocycles. The third-order valence-corrected chi connectivity index (χ3v) is 2.89. The van der Waals surface area contributed by atoms with Gasteiger partial charge in [-0.2, -0.15) is 0 Å². The molecule has 1 atom stereocenters. The molecular weight excluding hydrogens is 277 g/mol. The minimum absolute atomic E-state index is 0.149. The van der Waals surface area contributed by atoms with E-state index in [2.05, 4.69) is 4.74 Å². The van der Waals surface area contributed by atoms with Gasteiger partial charge < -0.3 is 14.4 Å². The first-order valence-electron chi connectivity index (χ1n) is 6.64. The summed E-state index contributed by atoms with van der Waals surface area (Å²) in [4.78, 5) is 25.0. The smallest absolute Gasteiger partial charge is 0.325 e. The Morgan fingerprint density at radius 3 is 2.48 bits per heavy atom. The molecule has 0 saturated carbocycles. The number of halogens is 1. The average Bonchev–Trinajstić information content (AvgIpc) is 2.43. The van der Waals surface area contributed by atoms with Crippen molar-refractivity contribution in [2.45, 2.75) is 32.9 Å². The van der Waals surface area contributed by atoms with Crippen molar-refractivity contribution >= 4 is 11.9 Å². The van der Waals surface area contributed by atoms with E-state index in [1.807, 2.05) is 0 Å². The molecule has 0 heterocycles. The fraction of sp³-hybridized carbons (Fsp3) is 0.467. The van der Waals surface area contributed by atoms with Crippen LogP contribution in [-0.4, -0.2) is 42.6 Å². The predicted octanol–water partition coefficient (Wildman–Crippen LogP) is 2.00. The molecule has 21 heavy (non-hydrogen) atoms. The molecule has 1 aromatic carbocycles. The number of nitrogens with zero attached hydrogens (tertiary/aromatic N) is 1. The SMILES string of the molecule is COC(=O)CN(C(=O)C(C)Oc1cccc(F)c1)C(C)C. The molecule has 0 aliphatic carbocycles. The summed E-state index contributed by atoms with van der Waals surface area (Å²) in [5.41, 5.74) is 0. The van der Waals surface area contributed by atoms with E-state index in [4.69, 9.17) is 4.74 Å². The minimum Gasteiger partial charge on any atom is -0.481 e. The van der Waals surface area contributed by atoms with Crippen molar-refractivity contribution in [1.29, 1.82) is 0 Å². The van der Waals surface area contributed by atoms with Crippen LogP contribution in [0.3, 0.4) is 0 Å². The number of hydrogen-bond acceptors (Lipinski definition) is 4. The minimum atomic E-state index is -0.834. The van der Waals surface area contributed by atoms with Gasteiger partial charge in [-0.25, -0.2) is 4.39 Å². The van der Waals surface area contributed by atoms with Gasteiger partial charge >= 0.3 is 5.97 Å². The number of ether oxygens (including phenoxy) is 2. The Balaban J connectivity index is 2.76. The number of methoxy groups -OCH3 is 1. The van der Waals surface area contributed by atoms with E-state index < -0.39 is 17.9 Å². The van der Waals surface area contributed by atoms with Crippen LogP contribution >= 0.6 is 0 Å². The van der Waals surface area contributed by atoms with Gasteiger partial charge in [0.25, 0.3) is 5.91 Å². The van der Waals surface area contributed by atoms with Crippen LogP contribution in [0.4, 0.5) is 4.39 Å². The summed E-state index contributed by atoms with van der Waals surface area (Å²) in [6, 6.07) is 5.36. The van der Waals surface area contributed by atoms with Gasteiger partial charge in [0.2, 0.25) is 0 Å². The van der Waals surface area contributed by atoms with Gasteiger partial charge in [-0.15, -0.1) is 0 Å². The van der Waals surface area contributed by atoms with Gasteiger partial charge in [0.15, 0.2) is 6.10 Å². The molecule has 0 aromatic heterocycles. The zero-order chi connectivity index (χ0) is 16.0. The standard InChI is InChI=1S/C15H20FNO4/c1-10(2)17(9-14(18)20-4)15(19)11(3)21-13-7-5-6-12(16)8-13/h5-8,10-11H,9H2,1-4H3. The van der Waals surface area contributed by atoms with Gasteiger partial charge in [0.05, 0.1) is 7.11 Å². The van der Waals surface area contributed by atoms with E-state index >= 15 is 0 Å². The number of amides is 1. The highest BCUT2D eigenvalue weighted by Gasteiger charge is 2.26. The molecule has 0 aliphatic heterocycles. The second-order valence-electron chi connectivity index (χ2n) is 4.85. The summed E-state index contributed by atoms with van der Waals surface area (Å²) in [5, 5.41) is 0. The molecular formula is C15H20FNO4. The Bertz CT molecular complexity index is 504. The van der Waals surface area contributed by atoms with E-state index in [1.165, 1.54) is 30.2 Å². The lowest BCUT2D eigenvalue weighted by Crippen LogP contribution is -2.47. The second-order valence-corrected chi connectivity index (χ2v) is 4.85. The van der Waals surface area contributed by atoms with Crippen molar-refractivity contribution in [1.82, 2.24) is 4.90 Å². The van der Waals surface area contributed by atoms with E-state index in [1.54, 1.807) is 26.8 Å². The number of carbonyl (C=O) groups excluding carboxylic acids is 2. The van der Waals surface area contributed by atoms with Crippen LogP contribution in [-0.2, 0) is 14.3 Å². The molecule has 5 nitrogen and oxygen atoms in total. The Kier molecular flexibility index (Phi) is 6.14. The van der Waals surface area contributed by atoms with Gasteiger partial charge in [0.1, 0.15) is 18.1 Å². The first-order valence-corrected chi connectivity index (χ1v) is 6.64.